The summed E-state index contributed by atoms with van der Waals surface area (Å²) in [5, 5.41) is 17.4. The van der Waals surface area contributed by atoms with Crippen molar-refractivity contribution >= 4 is 42.6 Å². The third-order valence-corrected chi connectivity index (χ3v) is 10.2. The van der Waals surface area contributed by atoms with Crippen LogP contribution in [-0.4, -0.2) is 71.6 Å². The minimum Gasteiger partial charge on any atom is -0.495 e. The van der Waals surface area contributed by atoms with Gasteiger partial charge in [0.1, 0.15) is 16.5 Å². The normalized spacial score (nSPS) is 19.5. The molecule has 1 aromatic heterocycles. The highest BCUT2D eigenvalue weighted by Crippen LogP contribution is 2.38. The van der Waals surface area contributed by atoms with E-state index in [1.807, 2.05) is 12.1 Å². The van der Waals surface area contributed by atoms with Gasteiger partial charge in [-0.3, -0.25) is 4.90 Å². The maximum atomic E-state index is 14.5. The van der Waals surface area contributed by atoms with E-state index in [1.54, 1.807) is 11.3 Å². The molecule has 1 saturated carbocycles. The Kier molecular flexibility index (Phi) is 9.54. The molecular weight excluding hydrogens is 575 g/mol. The van der Waals surface area contributed by atoms with Gasteiger partial charge in [0.05, 0.1) is 60.3 Å². The molecule has 3 aromatic rings. The average Bonchev–Trinajstić information content (AvgIpc) is 3.34. The molecule has 0 spiro atoms. The van der Waals surface area contributed by atoms with Crippen LogP contribution in [0.15, 0.2) is 35.2 Å². The molecule has 0 radical (unpaired) electrons. The van der Waals surface area contributed by atoms with Gasteiger partial charge >= 0.3 is 0 Å². The number of halogens is 1. The number of nitriles is 1. The first-order valence-electron chi connectivity index (χ1n) is 14.1. The summed E-state index contributed by atoms with van der Waals surface area (Å²) in [6, 6.07) is 11.7. The Balaban J connectivity index is 1.30. The first kappa shape index (κ1) is 30.1. The lowest BCUT2D eigenvalue weighted by Crippen LogP contribution is -2.46. The van der Waals surface area contributed by atoms with E-state index in [0.29, 0.717) is 17.8 Å². The molecule has 222 valence electrons. The van der Waals surface area contributed by atoms with Crippen molar-refractivity contribution in [2.75, 3.05) is 56.8 Å². The Labute approximate surface area is 250 Å². The van der Waals surface area contributed by atoms with Gasteiger partial charge in [0.25, 0.3) is 0 Å². The summed E-state index contributed by atoms with van der Waals surface area (Å²) in [4.78, 5) is 2.98. The lowest BCUT2D eigenvalue weighted by molar-refractivity contribution is 0.00791. The summed E-state index contributed by atoms with van der Waals surface area (Å²) in [6.07, 6.45) is 5.77. The van der Waals surface area contributed by atoms with Crippen LogP contribution in [0.25, 0.3) is 10.1 Å². The van der Waals surface area contributed by atoms with Crippen molar-refractivity contribution in [3.05, 3.63) is 46.6 Å². The summed E-state index contributed by atoms with van der Waals surface area (Å²) < 4.78 is 50.0. The van der Waals surface area contributed by atoms with Crippen molar-refractivity contribution in [3.8, 4) is 23.7 Å². The molecule has 0 atom stereocenters. The lowest BCUT2D eigenvalue weighted by Gasteiger charge is -2.39. The quantitative estimate of drug-likeness (QED) is 0.342. The smallest absolute Gasteiger partial charge is 0.178 e. The maximum absolute atomic E-state index is 14.5. The van der Waals surface area contributed by atoms with Gasteiger partial charge in [0.15, 0.2) is 9.84 Å². The molecule has 2 N–H and O–H groups in total. The van der Waals surface area contributed by atoms with E-state index in [2.05, 4.69) is 39.5 Å². The van der Waals surface area contributed by atoms with Gasteiger partial charge in [0.2, 0.25) is 0 Å². The summed E-state index contributed by atoms with van der Waals surface area (Å²) >= 11 is 1.57. The molecule has 1 saturated heterocycles. The second-order valence-electron chi connectivity index (χ2n) is 10.6. The molecule has 11 heteroatoms. The second-order valence-corrected chi connectivity index (χ2v) is 13.6. The highest BCUT2D eigenvalue weighted by Gasteiger charge is 2.27. The molecule has 2 fully saturated rings. The van der Waals surface area contributed by atoms with Crippen LogP contribution in [0.1, 0.15) is 36.1 Å². The number of anilines is 2. The molecule has 42 heavy (non-hydrogen) atoms. The van der Waals surface area contributed by atoms with Crippen LogP contribution in [0.2, 0.25) is 0 Å². The third kappa shape index (κ3) is 6.82. The Morgan fingerprint density at radius 2 is 1.93 bits per heavy atom. The summed E-state index contributed by atoms with van der Waals surface area (Å²) in [6.45, 7) is 3.88. The minimum atomic E-state index is -3.73. The SMILES string of the molecule is COc1cc(S(C)(=O)=O)c(F)cc1NCC#Cc1sc2c(NC3CCC(N4CCOCC4)CC3)cccc2c1CC#N. The van der Waals surface area contributed by atoms with E-state index in [9.17, 15) is 18.1 Å². The lowest BCUT2D eigenvalue weighted by atomic mass is 9.89. The molecule has 0 unspecified atom stereocenters. The van der Waals surface area contributed by atoms with Crippen LogP contribution in [0.5, 0.6) is 5.75 Å². The van der Waals surface area contributed by atoms with Crippen LogP contribution >= 0.6 is 11.3 Å². The third-order valence-electron chi connectivity index (χ3n) is 7.92. The van der Waals surface area contributed by atoms with Crippen molar-refractivity contribution in [2.45, 2.75) is 49.1 Å². The number of nitrogens with zero attached hydrogens (tertiary/aromatic N) is 2. The van der Waals surface area contributed by atoms with Gasteiger partial charge in [0, 0.05) is 54.5 Å². The van der Waals surface area contributed by atoms with Crippen LogP contribution in [0, 0.1) is 29.0 Å². The molecular formula is C31H35FN4O4S2. The number of morpholine rings is 1. The zero-order valence-electron chi connectivity index (χ0n) is 23.8. The predicted molar refractivity (Wildman–Crippen MR) is 165 cm³/mol. The fraction of sp³-hybridized carbons (Fsp3) is 0.452. The van der Waals surface area contributed by atoms with Gasteiger partial charge in [-0.15, -0.1) is 11.3 Å². The molecule has 0 amide bonds. The average molecular weight is 611 g/mol. The summed E-state index contributed by atoms with van der Waals surface area (Å²) in [5.74, 6) is 5.62. The maximum Gasteiger partial charge on any atom is 0.178 e. The number of thiophene rings is 1. The Hall–Kier alpha value is -3.35. The van der Waals surface area contributed by atoms with Crippen LogP contribution < -0.4 is 15.4 Å². The Morgan fingerprint density at radius 3 is 2.62 bits per heavy atom. The number of sulfone groups is 1. The molecule has 8 nitrogen and oxygen atoms in total. The Bertz CT molecular complexity index is 1640. The van der Waals surface area contributed by atoms with Crippen molar-refractivity contribution < 1.29 is 22.3 Å². The van der Waals surface area contributed by atoms with Crippen LogP contribution in [0.4, 0.5) is 15.8 Å². The van der Waals surface area contributed by atoms with Gasteiger partial charge in [-0.05, 0) is 31.7 Å². The zero-order valence-corrected chi connectivity index (χ0v) is 25.5. The van der Waals surface area contributed by atoms with Crippen molar-refractivity contribution in [2.24, 2.45) is 0 Å². The molecule has 5 rings (SSSR count). The molecule has 2 heterocycles. The molecule has 1 aliphatic heterocycles. The molecule has 1 aliphatic carbocycles. The first-order valence-corrected chi connectivity index (χ1v) is 16.8. The summed E-state index contributed by atoms with van der Waals surface area (Å²) in [7, 11) is -2.34. The number of fused-ring (bicyclic) bond motifs is 1. The Morgan fingerprint density at radius 1 is 1.17 bits per heavy atom. The highest BCUT2D eigenvalue weighted by atomic mass is 32.2. The monoisotopic (exact) mass is 610 g/mol. The molecule has 0 bridgehead atoms. The molecule has 2 aliphatic rings. The minimum absolute atomic E-state index is 0.172. The number of rotatable bonds is 8. The van der Waals surface area contributed by atoms with Gasteiger partial charge in [-0.25, -0.2) is 12.8 Å². The molecule has 2 aromatic carbocycles. The second kappa shape index (κ2) is 13.3. The fourth-order valence-corrected chi connectivity index (χ4v) is 7.68. The van der Waals surface area contributed by atoms with E-state index in [0.717, 1.165) is 77.7 Å². The topological polar surface area (TPSA) is 104 Å². The number of methoxy groups -OCH3 is 1. The van der Waals surface area contributed by atoms with E-state index in [1.165, 1.54) is 26.0 Å². The zero-order chi connectivity index (χ0) is 29.7. The van der Waals surface area contributed by atoms with E-state index >= 15 is 0 Å². The van der Waals surface area contributed by atoms with E-state index in [4.69, 9.17) is 9.47 Å². The van der Waals surface area contributed by atoms with E-state index in [-0.39, 0.29) is 18.7 Å². The van der Waals surface area contributed by atoms with Gasteiger partial charge in [-0.2, -0.15) is 5.26 Å². The van der Waals surface area contributed by atoms with Gasteiger partial charge in [-0.1, -0.05) is 24.0 Å². The number of ether oxygens (including phenoxy) is 2. The number of hydrogen-bond acceptors (Lipinski definition) is 9. The predicted octanol–water partition coefficient (Wildman–Crippen LogP) is 5.04. The number of benzene rings is 2. The summed E-state index contributed by atoms with van der Waals surface area (Å²) in [5.41, 5.74) is 2.29. The number of hydrogen-bond donors (Lipinski definition) is 2. The van der Waals surface area contributed by atoms with Crippen LogP contribution in [0.3, 0.4) is 0 Å². The van der Waals surface area contributed by atoms with Crippen LogP contribution in [-0.2, 0) is 21.0 Å². The standard InChI is InChI=1S/C31H35FN4O4S2/c1-39-28-20-30(42(2,37)38)25(32)19-27(28)34-14-4-7-29-23(12-13-33)24-5-3-6-26(31(24)41-29)35-21-8-10-22(11-9-21)36-15-17-40-18-16-36/h3,5-6,19-22,34-35H,8-12,14-18H2,1-2H3. The van der Waals surface area contributed by atoms with Gasteiger partial charge < -0.3 is 20.1 Å². The van der Waals surface area contributed by atoms with E-state index < -0.39 is 20.5 Å². The van der Waals surface area contributed by atoms with Crippen molar-refractivity contribution in [1.29, 1.82) is 5.26 Å². The van der Waals surface area contributed by atoms with Crippen molar-refractivity contribution in [1.82, 2.24) is 4.90 Å². The highest BCUT2D eigenvalue weighted by molar-refractivity contribution is 7.90. The fourth-order valence-electron chi connectivity index (χ4n) is 5.78. The largest absolute Gasteiger partial charge is 0.495 e. The number of nitrogens with one attached hydrogen (secondary N) is 2. The first-order chi connectivity index (χ1) is 20.3. The van der Waals surface area contributed by atoms with Crippen molar-refractivity contribution in [3.63, 3.8) is 0 Å².